The topological polar surface area (TPSA) is 29.5 Å². The molecule has 2 heteroatoms. The second kappa shape index (κ2) is 4.53. The Morgan fingerprint density at radius 2 is 2.33 bits per heavy atom. The van der Waals surface area contributed by atoms with Crippen LogP contribution in [0.1, 0.15) is 20.3 Å². The average molecular weight is 130 g/mol. The van der Waals surface area contributed by atoms with Crippen LogP contribution < -0.4 is 0 Å². The Hall–Kier alpha value is -0.340. The van der Waals surface area contributed by atoms with E-state index in [1.807, 2.05) is 13.8 Å². The minimum atomic E-state index is -0.660. The molecule has 54 valence electrons. The van der Waals surface area contributed by atoms with E-state index >= 15 is 0 Å². The SMILES string of the molecule is C=C(C)CC(O)OCC. The van der Waals surface area contributed by atoms with Crippen LogP contribution >= 0.6 is 0 Å². The van der Waals surface area contributed by atoms with Crippen LogP contribution in [0.5, 0.6) is 0 Å². The molecule has 0 aliphatic heterocycles. The second-order valence-electron chi connectivity index (χ2n) is 2.07. The number of hydrogen-bond donors (Lipinski definition) is 1. The molecule has 9 heavy (non-hydrogen) atoms. The first-order valence-corrected chi connectivity index (χ1v) is 3.11. The Morgan fingerprint density at radius 1 is 1.78 bits per heavy atom. The lowest BCUT2D eigenvalue weighted by molar-refractivity contribution is -0.0925. The molecule has 0 saturated carbocycles. The molecule has 0 aromatic rings. The molecule has 1 unspecified atom stereocenters. The first-order valence-electron chi connectivity index (χ1n) is 3.11. The van der Waals surface area contributed by atoms with Gasteiger partial charge in [-0.1, -0.05) is 12.2 Å². The highest BCUT2D eigenvalue weighted by atomic mass is 16.6. The van der Waals surface area contributed by atoms with E-state index in [2.05, 4.69) is 6.58 Å². The minimum absolute atomic E-state index is 0.536. The molecule has 0 aromatic heterocycles. The van der Waals surface area contributed by atoms with Crippen LogP contribution in [0.2, 0.25) is 0 Å². The quantitative estimate of drug-likeness (QED) is 0.459. The van der Waals surface area contributed by atoms with Crippen LogP contribution in [0.3, 0.4) is 0 Å². The molecule has 2 nitrogen and oxygen atoms in total. The molecule has 0 bridgehead atoms. The zero-order valence-electron chi connectivity index (χ0n) is 6.05. The fourth-order valence-corrected chi connectivity index (χ4v) is 0.549. The highest BCUT2D eigenvalue weighted by molar-refractivity contribution is 4.88. The molecule has 0 aliphatic rings. The highest BCUT2D eigenvalue weighted by Gasteiger charge is 2.00. The first-order chi connectivity index (χ1) is 4.16. The lowest BCUT2D eigenvalue weighted by Crippen LogP contribution is -2.11. The lowest BCUT2D eigenvalue weighted by Gasteiger charge is -2.08. The van der Waals surface area contributed by atoms with Crippen molar-refractivity contribution in [2.24, 2.45) is 0 Å². The summed E-state index contributed by atoms with van der Waals surface area (Å²) in [5.41, 5.74) is 0.941. The van der Waals surface area contributed by atoms with Crippen molar-refractivity contribution in [1.82, 2.24) is 0 Å². The monoisotopic (exact) mass is 130 g/mol. The van der Waals surface area contributed by atoms with Gasteiger partial charge in [0, 0.05) is 13.0 Å². The number of ether oxygens (including phenoxy) is 1. The van der Waals surface area contributed by atoms with E-state index in [4.69, 9.17) is 9.84 Å². The molecule has 1 N–H and O–H groups in total. The largest absolute Gasteiger partial charge is 0.368 e. The summed E-state index contributed by atoms with van der Waals surface area (Å²) in [6.45, 7) is 7.90. The van der Waals surface area contributed by atoms with Crippen molar-refractivity contribution in [3.8, 4) is 0 Å². The summed E-state index contributed by atoms with van der Waals surface area (Å²) in [4.78, 5) is 0. The van der Waals surface area contributed by atoms with Gasteiger partial charge in [0.2, 0.25) is 0 Å². The first kappa shape index (κ1) is 8.66. The summed E-state index contributed by atoms with van der Waals surface area (Å²) < 4.78 is 4.85. The van der Waals surface area contributed by atoms with Gasteiger partial charge in [-0.2, -0.15) is 0 Å². The van der Waals surface area contributed by atoms with E-state index in [0.29, 0.717) is 13.0 Å². The highest BCUT2D eigenvalue weighted by Crippen LogP contribution is 2.01. The maximum Gasteiger partial charge on any atom is 0.158 e. The van der Waals surface area contributed by atoms with Crippen LogP contribution in [-0.4, -0.2) is 18.0 Å². The van der Waals surface area contributed by atoms with E-state index in [1.54, 1.807) is 0 Å². The standard InChI is InChI=1S/C7H14O2/c1-4-9-7(8)5-6(2)3/h7-8H,2,4-5H2,1,3H3. The van der Waals surface area contributed by atoms with Crippen LogP contribution in [0.25, 0.3) is 0 Å². The van der Waals surface area contributed by atoms with Crippen molar-refractivity contribution in [3.05, 3.63) is 12.2 Å². The molecule has 0 saturated heterocycles. The van der Waals surface area contributed by atoms with Crippen LogP contribution in [0.15, 0.2) is 12.2 Å². The van der Waals surface area contributed by atoms with Gasteiger partial charge in [0.25, 0.3) is 0 Å². The van der Waals surface area contributed by atoms with Gasteiger partial charge in [-0.25, -0.2) is 0 Å². The summed E-state index contributed by atoms with van der Waals surface area (Å²) in [6.07, 6.45) is -0.124. The normalized spacial score (nSPS) is 13.2. The van der Waals surface area contributed by atoms with Crippen molar-refractivity contribution in [2.75, 3.05) is 6.61 Å². The fraction of sp³-hybridized carbons (Fsp3) is 0.714. The summed E-state index contributed by atoms with van der Waals surface area (Å²) >= 11 is 0. The molecule has 0 fully saturated rings. The van der Waals surface area contributed by atoms with Crippen molar-refractivity contribution in [1.29, 1.82) is 0 Å². The van der Waals surface area contributed by atoms with Gasteiger partial charge in [0.1, 0.15) is 0 Å². The van der Waals surface area contributed by atoms with E-state index in [1.165, 1.54) is 0 Å². The summed E-state index contributed by atoms with van der Waals surface area (Å²) in [6, 6.07) is 0. The van der Waals surface area contributed by atoms with Gasteiger partial charge in [-0.05, 0) is 13.8 Å². The molecular formula is C7H14O2. The number of hydrogen-bond acceptors (Lipinski definition) is 2. The Labute approximate surface area is 56.1 Å². The number of rotatable bonds is 4. The summed E-state index contributed by atoms with van der Waals surface area (Å²) in [5.74, 6) is 0. The maximum absolute atomic E-state index is 8.94. The van der Waals surface area contributed by atoms with Gasteiger partial charge < -0.3 is 9.84 Å². The molecule has 0 amide bonds. The molecule has 0 aromatic carbocycles. The Balaban J connectivity index is 3.26. The molecule has 1 atom stereocenters. The molecular weight excluding hydrogens is 116 g/mol. The molecule has 0 radical (unpaired) electrons. The third-order valence-corrected chi connectivity index (χ3v) is 0.882. The predicted octanol–water partition coefficient (Wildman–Crippen LogP) is 1.31. The van der Waals surface area contributed by atoms with Crippen LogP contribution in [-0.2, 0) is 4.74 Å². The van der Waals surface area contributed by atoms with Gasteiger partial charge >= 0.3 is 0 Å². The van der Waals surface area contributed by atoms with Gasteiger partial charge in [0.05, 0.1) is 0 Å². The van der Waals surface area contributed by atoms with Crippen molar-refractivity contribution < 1.29 is 9.84 Å². The van der Waals surface area contributed by atoms with Crippen LogP contribution in [0, 0.1) is 0 Å². The van der Waals surface area contributed by atoms with E-state index < -0.39 is 6.29 Å². The zero-order valence-corrected chi connectivity index (χ0v) is 6.05. The van der Waals surface area contributed by atoms with Crippen molar-refractivity contribution in [2.45, 2.75) is 26.6 Å². The smallest absolute Gasteiger partial charge is 0.158 e. The minimum Gasteiger partial charge on any atom is -0.368 e. The van der Waals surface area contributed by atoms with Crippen LogP contribution in [0.4, 0.5) is 0 Å². The fourth-order valence-electron chi connectivity index (χ4n) is 0.549. The number of aliphatic hydroxyl groups excluding tert-OH is 1. The Morgan fingerprint density at radius 3 is 2.67 bits per heavy atom. The van der Waals surface area contributed by atoms with Gasteiger partial charge in [-0.15, -0.1) is 0 Å². The van der Waals surface area contributed by atoms with Crippen molar-refractivity contribution in [3.63, 3.8) is 0 Å². The third kappa shape index (κ3) is 5.53. The second-order valence-corrected chi connectivity index (χ2v) is 2.07. The Bertz CT molecular complexity index is 88.9. The number of aliphatic hydroxyl groups is 1. The average Bonchev–Trinajstić information content (AvgIpc) is 1.63. The van der Waals surface area contributed by atoms with Gasteiger partial charge in [-0.3, -0.25) is 0 Å². The summed E-state index contributed by atoms with van der Waals surface area (Å²) in [7, 11) is 0. The Kier molecular flexibility index (Phi) is 4.36. The molecule has 0 heterocycles. The summed E-state index contributed by atoms with van der Waals surface area (Å²) in [5, 5.41) is 8.94. The zero-order chi connectivity index (χ0) is 7.28. The third-order valence-electron chi connectivity index (χ3n) is 0.882. The predicted molar refractivity (Wildman–Crippen MR) is 37.1 cm³/mol. The lowest BCUT2D eigenvalue weighted by atomic mass is 10.2. The maximum atomic E-state index is 8.94. The van der Waals surface area contributed by atoms with E-state index in [0.717, 1.165) is 5.57 Å². The molecule has 0 spiro atoms. The molecule has 0 rings (SSSR count). The van der Waals surface area contributed by atoms with Gasteiger partial charge in [0.15, 0.2) is 6.29 Å². The molecule has 0 aliphatic carbocycles. The van der Waals surface area contributed by atoms with E-state index in [-0.39, 0.29) is 0 Å². The van der Waals surface area contributed by atoms with Crippen molar-refractivity contribution >= 4 is 0 Å². The van der Waals surface area contributed by atoms with E-state index in [9.17, 15) is 0 Å².